The first-order valence-corrected chi connectivity index (χ1v) is 15.3. The Hall–Kier alpha value is -5.93. The van der Waals surface area contributed by atoms with E-state index in [2.05, 4.69) is 103 Å². The van der Waals surface area contributed by atoms with Crippen molar-refractivity contribution in [2.45, 2.75) is 5.41 Å². The van der Waals surface area contributed by atoms with Crippen molar-refractivity contribution in [2.24, 2.45) is 0 Å². The maximum absolute atomic E-state index is 5.04. The van der Waals surface area contributed by atoms with E-state index in [0.29, 0.717) is 17.5 Å². The van der Waals surface area contributed by atoms with Crippen LogP contribution in [-0.4, -0.2) is 15.0 Å². The van der Waals surface area contributed by atoms with Gasteiger partial charge in [0.05, 0.1) is 5.41 Å². The van der Waals surface area contributed by atoms with Gasteiger partial charge >= 0.3 is 0 Å². The highest BCUT2D eigenvalue weighted by molar-refractivity contribution is 5.92. The lowest BCUT2D eigenvalue weighted by Crippen LogP contribution is -2.29. The molecule has 0 saturated heterocycles. The van der Waals surface area contributed by atoms with Gasteiger partial charge in [-0.15, -0.1) is 0 Å². The van der Waals surface area contributed by atoms with E-state index in [1.54, 1.807) is 0 Å². The molecule has 9 rings (SSSR count). The second-order valence-corrected chi connectivity index (χ2v) is 11.6. The molecular weight excluding hydrogens is 546 g/mol. The second-order valence-electron chi connectivity index (χ2n) is 11.6. The Kier molecular flexibility index (Phi) is 5.72. The van der Waals surface area contributed by atoms with Gasteiger partial charge in [-0.3, -0.25) is 0 Å². The van der Waals surface area contributed by atoms with Gasteiger partial charge in [-0.1, -0.05) is 158 Å². The van der Waals surface area contributed by atoms with Crippen LogP contribution in [0.3, 0.4) is 0 Å². The molecule has 45 heavy (non-hydrogen) atoms. The summed E-state index contributed by atoms with van der Waals surface area (Å²) in [6.07, 6.45) is 4.53. The minimum atomic E-state index is -0.454. The fraction of sp³-hybridized carbons (Fsp3) is 0.0238. The largest absolute Gasteiger partial charge is 0.208 e. The normalized spacial score (nSPS) is 13.4. The minimum Gasteiger partial charge on any atom is -0.208 e. The molecule has 210 valence electrons. The minimum absolute atomic E-state index is 0.454. The zero-order valence-corrected chi connectivity index (χ0v) is 24.4. The summed E-state index contributed by atoms with van der Waals surface area (Å²) in [5.74, 6) is 1.98. The Morgan fingerprint density at radius 1 is 0.333 bits per heavy atom. The quantitative estimate of drug-likeness (QED) is 0.211. The van der Waals surface area contributed by atoms with Crippen LogP contribution in [0.1, 0.15) is 33.4 Å². The van der Waals surface area contributed by atoms with Crippen molar-refractivity contribution >= 4 is 12.2 Å². The van der Waals surface area contributed by atoms with Crippen molar-refractivity contribution in [1.82, 2.24) is 15.0 Å². The average molecular weight is 574 g/mol. The third-order valence-electron chi connectivity index (χ3n) is 9.17. The summed E-state index contributed by atoms with van der Waals surface area (Å²) in [6.45, 7) is 0. The summed E-state index contributed by atoms with van der Waals surface area (Å²) in [5.41, 5.74) is 12.5. The van der Waals surface area contributed by atoms with Crippen LogP contribution < -0.4 is 0 Å². The van der Waals surface area contributed by atoms with E-state index < -0.39 is 5.41 Å². The van der Waals surface area contributed by atoms with Crippen LogP contribution in [0.4, 0.5) is 0 Å². The fourth-order valence-corrected chi connectivity index (χ4v) is 7.23. The number of nitrogens with zero attached hydrogens (tertiary/aromatic N) is 3. The molecule has 2 aliphatic rings. The molecule has 1 heterocycles. The summed E-state index contributed by atoms with van der Waals surface area (Å²) in [7, 11) is 0. The predicted molar refractivity (Wildman–Crippen MR) is 182 cm³/mol. The lowest BCUT2D eigenvalue weighted by Gasteiger charge is -2.35. The molecule has 7 aromatic rings. The molecule has 0 amide bonds. The molecule has 3 nitrogen and oxygen atoms in total. The molecule has 1 aromatic heterocycles. The lowest BCUT2D eigenvalue weighted by molar-refractivity contribution is 0.766. The van der Waals surface area contributed by atoms with Crippen LogP contribution >= 0.6 is 0 Å². The first-order chi connectivity index (χ1) is 22.3. The summed E-state index contributed by atoms with van der Waals surface area (Å²) >= 11 is 0. The lowest BCUT2D eigenvalue weighted by atomic mass is 9.66. The first-order valence-electron chi connectivity index (χ1n) is 15.3. The van der Waals surface area contributed by atoms with E-state index in [-0.39, 0.29) is 0 Å². The smallest absolute Gasteiger partial charge is 0.164 e. The molecule has 0 atom stereocenters. The van der Waals surface area contributed by atoms with E-state index >= 15 is 0 Å². The monoisotopic (exact) mass is 573 g/mol. The van der Waals surface area contributed by atoms with Gasteiger partial charge in [0.1, 0.15) is 0 Å². The highest BCUT2D eigenvalue weighted by atomic mass is 15.0. The topological polar surface area (TPSA) is 38.7 Å². The van der Waals surface area contributed by atoms with Crippen molar-refractivity contribution in [3.05, 3.63) is 185 Å². The van der Waals surface area contributed by atoms with E-state index in [1.165, 1.54) is 44.5 Å². The zero-order valence-electron chi connectivity index (χ0n) is 24.4. The third-order valence-corrected chi connectivity index (χ3v) is 9.17. The zero-order chi connectivity index (χ0) is 29.8. The number of rotatable bonds is 3. The van der Waals surface area contributed by atoms with Gasteiger partial charge in [0.25, 0.3) is 0 Å². The molecule has 0 aliphatic heterocycles. The molecule has 0 bridgehead atoms. The van der Waals surface area contributed by atoms with Crippen LogP contribution in [0.5, 0.6) is 0 Å². The Morgan fingerprint density at radius 2 is 0.778 bits per heavy atom. The molecule has 3 heteroatoms. The van der Waals surface area contributed by atoms with Gasteiger partial charge in [-0.25, -0.2) is 15.0 Å². The van der Waals surface area contributed by atoms with Crippen molar-refractivity contribution in [1.29, 1.82) is 0 Å². The summed E-state index contributed by atoms with van der Waals surface area (Å²) in [6, 6.07) is 53.6. The van der Waals surface area contributed by atoms with Gasteiger partial charge in [0, 0.05) is 16.7 Å². The van der Waals surface area contributed by atoms with Gasteiger partial charge in [-0.05, 0) is 50.6 Å². The first kappa shape index (κ1) is 25.6. The van der Waals surface area contributed by atoms with Crippen LogP contribution in [0, 0.1) is 0 Å². The molecule has 0 N–H and O–H groups in total. The molecular formula is C42H27N3. The Bertz CT molecular complexity index is 2160. The molecule has 0 saturated carbocycles. The third kappa shape index (κ3) is 3.87. The summed E-state index contributed by atoms with van der Waals surface area (Å²) < 4.78 is 0. The summed E-state index contributed by atoms with van der Waals surface area (Å²) in [4.78, 5) is 15.0. The second kappa shape index (κ2) is 10.1. The molecule has 2 aliphatic carbocycles. The molecule has 6 aromatic carbocycles. The Balaban J connectivity index is 1.31. The van der Waals surface area contributed by atoms with E-state index in [1.807, 2.05) is 60.7 Å². The number of hydrogen-bond acceptors (Lipinski definition) is 3. The maximum Gasteiger partial charge on any atom is 0.164 e. The van der Waals surface area contributed by atoms with Crippen LogP contribution in [0.2, 0.25) is 0 Å². The molecule has 0 unspecified atom stereocenters. The Labute approximate surface area is 262 Å². The number of aromatic nitrogens is 3. The highest BCUT2D eigenvalue weighted by Gasteiger charge is 2.48. The number of fused-ring (bicyclic) bond motifs is 9. The van der Waals surface area contributed by atoms with Crippen molar-refractivity contribution in [2.75, 3.05) is 0 Å². The highest BCUT2D eigenvalue weighted by Crippen LogP contribution is 2.58. The van der Waals surface area contributed by atoms with Gasteiger partial charge in [-0.2, -0.15) is 0 Å². The van der Waals surface area contributed by atoms with E-state index in [0.717, 1.165) is 16.7 Å². The maximum atomic E-state index is 5.04. The Morgan fingerprint density at radius 3 is 1.36 bits per heavy atom. The average Bonchev–Trinajstić information content (AvgIpc) is 3.32. The molecule has 0 fully saturated rings. The van der Waals surface area contributed by atoms with Crippen LogP contribution in [0.15, 0.2) is 152 Å². The summed E-state index contributed by atoms with van der Waals surface area (Å²) in [5, 5.41) is 0. The molecule has 1 spiro atoms. The fourth-order valence-electron chi connectivity index (χ4n) is 7.23. The SMILES string of the molecule is C1=Cc2ccccc2C2(c3ccccc31)c1ccccc1-c1cc(-c3nc(-c4ccccc4)nc(-c4ccccc4)n3)ccc12. The van der Waals surface area contributed by atoms with Crippen molar-refractivity contribution in [3.63, 3.8) is 0 Å². The van der Waals surface area contributed by atoms with Gasteiger partial charge in [0.2, 0.25) is 0 Å². The predicted octanol–water partition coefficient (Wildman–Crippen LogP) is 9.72. The van der Waals surface area contributed by atoms with Gasteiger partial charge in [0.15, 0.2) is 17.5 Å². The van der Waals surface area contributed by atoms with Crippen LogP contribution in [0.25, 0.3) is 57.4 Å². The number of hydrogen-bond donors (Lipinski definition) is 0. The van der Waals surface area contributed by atoms with E-state index in [9.17, 15) is 0 Å². The molecule has 0 radical (unpaired) electrons. The standard InChI is InChI=1S/C42H27N3/c1-3-15-30(16-4-1)39-43-40(31-17-5-2-6-18-31)45-41(44-39)32-25-26-38-34(27-32)33-19-9-12-22-37(33)42(38)35-20-10-7-13-28(35)23-24-29-14-8-11-21-36(29)42/h1-27H. The number of benzene rings is 6. The van der Waals surface area contributed by atoms with Crippen molar-refractivity contribution in [3.8, 4) is 45.3 Å². The van der Waals surface area contributed by atoms with Crippen LogP contribution in [-0.2, 0) is 5.41 Å². The van der Waals surface area contributed by atoms with Crippen molar-refractivity contribution < 1.29 is 0 Å². The van der Waals surface area contributed by atoms with Gasteiger partial charge < -0.3 is 0 Å². The van der Waals surface area contributed by atoms with E-state index in [4.69, 9.17) is 15.0 Å².